The monoisotopic (exact) mass is 367 g/mol. The number of carbonyl (C=O) groups is 1. The highest BCUT2D eigenvalue weighted by molar-refractivity contribution is 5.91. The summed E-state index contributed by atoms with van der Waals surface area (Å²) >= 11 is 0. The van der Waals surface area contributed by atoms with E-state index in [1.165, 1.54) is 0 Å². The Morgan fingerprint density at radius 3 is 2.89 bits per heavy atom. The number of hydrogen-bond acceptors (Lipinski definition) is 5. The van der Waals surface area contributed by atoms with Crippen molar-refractivity contribution in [1.29, 1.82) is 0 Å². The first-order valence-corrected chi connectivity index (χ1v) is 9.02. The summed E-state index contributed by atoms with van der Waals surface area (Å²) in [6.07, 6.45) is 4.46. The van der Waals surface area contributed by atoms with Gasteiger partial charge in [-0.3, -0.25) is 4.79 Å². The summed E-state index contributed by atoms with van der Waals surface area (Å²) in [4.78, 5) is 15.9. The number of aliphatic hydroxyl groups excluding tert-OH is 1. The van der Waals surface area contributed by atoms with Crippen molar-refractivity contribution in [2.24, 2.45) is 5.73 Å². The Kier molecular flexibility index (Phi) is 4.38. The van der Waals surface area contributed by atoms with Crippen LogP contribution in [0.15, 0.2) is 24.4 Å². The molecule has 2 aromatic rings. The minimum Gasteiger partial charge on any atom is -0.485 e. The van der Waals surface area contributed by atoms with Crippen LogP contribution in [0.1, 0.15) is 41.7 Å². The molecule has 1 fully saturated rings. The topological polar surface area (TPSA) is 111 Å². The quantitative estimate of drug-likeness (QED) is 0.688. The summed E-state index contributed by atoms with van der Waals surface area (Å²) in [5.41, 5.74) is 6.00. The van der Waals surface area contributed by atoms with E-state index in [9.17, 15) is 15.0 Å². The molecule has 0 radical (unpaired) electrons. The van der Waals surface area contributed by atoms with Gasteiger partial charge in [-0.05, 0) is 43.9 Å². The number of primary amides is 1. The zero-order chi connectivity index (χ0) is 19.0. The molecule has 1 aromatic carbocycles. The molecule has 2 aliphatic rings. The number of fused-ring (bicyclic) bond motifs is 3. The Balaban J connectivity index is 1.77. The lowest BCUT2D eigenvalue weighted by Crippen LogP contribution is -2.25. The second-order valence-electron chi connectivity index (χ2n) is 7.09. The summed E-state index contributed by atoms with van der Waals surface area (Å²) in [7, 11) is 0. The van der Waals surface area contributed by atoms with Crippen LogP contribution < -0.4 is 10.5 Å². The number of nitrogens with two attached hydrogens (primary N) is 1. The smallest absolute Gasteiger partial charge is 0.268 e. The van der Waals surface area contributed by atoms with E-state index in [4.69, 9.17) is 10.5 Å². The maximum absolute atomic E-state index is 11.5. The predicted octanol–water partition coefficient (Wildman–Crippen LogP) is 1.06. The fraction of sp³-hybridized carbons (Fsp3) is 0.400. The van der Waals surface area contributed by atoms with Gasteiger partial charge in [0.2, 0.25) is 0 Å². The van der Waals surface area contributed by atoms with E-state index in [-0.39, 0.29) is 12.3 Å². The fourth-order valence-electron chi connectivity index (χ4n) is 3.58. The van der Waals surface area contributed by atoms with E-state index in [0.29, 0.717) is 36.5 Å². The first-order chi connectivity index (χ1) is 13.0. The van der Waals surface area contributed by atoms with Gasteiger partial charge in [0, 0.05) is 11.8 Å². The third-order valence-electron chi connectivity index (χ3n) is 5.02. The van der Waals surface area contributed by atoms with Crippen LogP contribution in [0.25, 0.3) is 11.4 Å². The van der Waals surface area contributed by atoms with Crippen LogP contribution in [0.3, 0.4) is 0 Å². The van der Waals surface area contributed by atoms with Crippen molar-refractivity contribution in [3.05, 3.63) is 35.7 Å². The summed E-state index contributed by atoms with van der Waals surface area (Å²) in [5.74, 6) is 6.52. The third kappa shape index (κ3) is 3.42. The van der Waals surface area contributed by atoms with Crippen LogP contribution in [-0.4, -0.2) is 44.0 Å². The SMILES string of the molecule is NC(=O)c1cn2c(n1)-c1cc(C#CC3(O)CCCC3)ccc1O[C@H](CO)C2. The molecule has 1 amide bonds. The Labute approximate surface area is 156 Å². The second-order valence-corrected chi connectivity index (χ2v) is 7.09. The number of nitrogens with zero attached hydrogens (tertiary/aromatic N) is 2. The average Bonchev–Trinajstić information content (AvgIpc) is 3.24. The van der Waals surface area contributed by atoms with Crippen molar-refractivity contribution in [3.63, 3.8) is 0 Å². The van der Waals surface area contributed by atoms with Crippen LogP contribution in [0, 0.1) is 11.8 Å². The average molecular weight is 367 g/mol. The van der Waals surface area contributed by atoms with Crippen LogP contribution in [-0.2, 0) is 6.54 Å². The van der Waals surface area contributed by atoms with Gasteiger partial charge in [-0.1, -0.05) is 11.8 Å². The first kappa shape index (κ1) is 17.6. The third-order valence-corrected chi connectivity index (χ3v) is 5.02. The Bertz CT molecular complexity index is 948. The van der Waals surface area contributed by atoms with Crippen LogP contribution in [0.5, 0.6) is 5.75 Å². The van der Waals surface area contributed by atoms with E-state index in [0.717, 1.165) is 18.4 Å². The zero-order valence-corrected chi connectivity index (χ0v) is 14.8. The Morgan fingerprint density at radius 1 is 1.41 bits per heavy atom. The van der Waals surface area contributed by atoms with Gasteiger partial charge in [0.15, 0.2) is 0 Å². The van der Waals surface area contributed by atoms with Gasteiger partial charge in [0.05, 0.1) is 18.7 Å². The van der Waals surface area contributed by atoms with Gasteiger partial charge in [-0.2, -0.15) is 0 Å². The molecule has 1 aliphatic carbocycles. The van der Waals surface area contributed by atoms with E-state index in [2.05, 4.69) is 16.8 Å². The van der Waals surface area contributed by atoms with Crippen LogP contribution in [0.2, 0.25) is 0 Å². The van der Waals surface area contributed by atoms with Gasteiger partial charge in [0.1, 0.15) is 29.0 Å². The molecule has 1 aromatic heterocycles. The molecule has 0 unspecified atom stereocenters. The molecule has 2 heterocycles. The standard InChI is InChI=1S/C20H21N3O4/c21-18(25)16-11-23-10-14(12-24)27-17-4-3-13(9-15(17)19(23)22-16)5-8-20(26)6-1-2-7-20/h3-4,9,11,14,24,26H,1-2,6-7,10,12H2,(H2,21,25)/t14-/m0/s1. The number of ether oxygens (including phenoxy) is 1. The lowest BCUT2D eigenvalue weighted by molar-refractivity contribution is 0.0992. The summed E-state index contributed by atoms with van der Waals surface area (Å²) in [6, 6.07) is 5.41. The van der Waals surface area contributed by atoms with E-state index < -0.39 is 17.6 Å². The van der Waals surface area contributed by atoms with Gasteiger partial charge >= 0.3 is 0 Å². The van der Waals surface area contributed by atoms with E-state index >= 15 is 0 Å². The number of carbonyl (C=O) groups excluding carboxylic acids is 1. The van der Waals surface area contributed by atoms with Crippen LogP contribution >= 0.6 is 0 Å². The van der Waals surface area contributed by atoms with E-state index in [1.54, 1.807) is 16.8 Å². The zero-order valence-electron chi connectivity index (χ0n) is 14.8. The highest BCUT2D eigenvalue weighted by Gasteiger charge is 2.29. The van der Waals surface area contributed by atoms with Crippen molar-refractivity contribution in [3.8, 4) is 29.0 Å². The maximum Gasteiger partial charge on any atom is 0.268 e. The minimum atomic E-state index is -0.914. The molecule has 1 atom stereocenters. The number of imidazole rings is 1. The van der Waals surface area contributed by atoms with Gasteiger partial charge in [0.25, 0.3) is 5.91 Å². The summed E-state index contributed by atoms with van der Waals surface area (Å²) in [5, 5.41) is 20.0. The number of aromatic nitrogens is 2. The number of benzene rings is 1. The van der Waals surface area contributed by atoms with Crippen molar-refractivity contribution in [1.82, 2.24) is 9.55 Å². The molecule has 140 valence electrons. The molecule has 1 saturated carbocycles. The maximum atomic E-state index is 11.5. The summed E-state index contributed by atoms with van der Waals surface area (Å²) < 4.78 is 7.63. The molecular formula is C20H21N3O4. The minimum absolute atomic E-state index is 0.159. The number of amides is 1. The Hall–Kier alpha value is -2.82. The van der Waals surface area contributed by atoms with Crippen molar-refractivity contribution in [2.75, 3.05) is 6.61 Å². The highest BCUT2D eigenvalue weighted by atomic mass is 16.5. The molecule has 1 aliphatic heterocycles. The second kappa shape index (κ2) is 6.72. The van der Waals surface area contributed by atoms with Crippen molar-refractivity contribution in [2.45, 2.75) is 43.9 Å². The largest absolute Gasteiger partial charge is 0.485 e. The lowest BCUT2D eigenvalue weighted by Gasteiger charge is -2.15. The molecule has 4 rings (SSSR count). The molecule has 0 bridgehead atoms. The van der Waals surface area contributed by atoms with Crippen LogP contribution in [0.4, 0.5) is 0 Å². The van der Waals surface area contributed by atoms with E-state index in [1.807, 2.05) is 12.1 Å². The molecule has 0 spiro atoms. The molecule has 0 saturated heterocycles. The normalized spacial score (nSPS) is 19.9. The number of aliphatic hydroxyl groups is 2. The first-order valence-electron chi connectivity index (χ1n) is 9.02. The predicted molar refractivity (Wildman–Crippen MR) is 98.0 cm³/mol. The molecule has 4 N–H and O–H groups in total. The lowest BCUT2D eigenvalue weighted by atomic mass is 10.0. The Morgan fingerprint density at radius 2 is 2.19 bits per heavy atom. The van der Waals surface area contributed by atoms with Gasteiger partial charge < -0.3 is 25.3 Å². The molecule has 27 heavy (non-hydrogen) atoms. The fourth-order valence-corrected chi connectivity index (χ4v) is 3.58. The van der Waals surface area contributed by atoms with Crippen molar-refractivity contribution >= 4 is 5.91 Å². The molecular weight excluding hydrogens is 346 g/mol. The summed E-state index contributed by atoms with van der Waals surface area (Å²) in [6.45, 7) is 0.180. The van der Waals surface area contributed by atoms with Crippen molar-refractivity contribution < 1.29 is 19.7 Å². The number of hydrogen-bond donors (Lipinski definition) is 3. The molecule has 7 heteroatoms. The number of rotatable bonds is 2. The molecule has 7 nitrogen and oxygen atoms in total. The highest BCUT2D eigenvalue weighted by Crippen LogP contribution is 2.34. The van der Waals surface area contributed by atoms with Gasteiger partial charge in [-0.25, -0.2) is 4.98 Å². The van der Waals surface area contributed by atoms with Gasteiger partial charge in [-0.15, -0.1) is 0 Å².